The highest BCUT2D eigenvalue weighted by atomic mass is 16.7. The fourth-order valence-electron chi connectivity index (χ4n) is 11.8. The maximum Gasteiger partial charge on any atom is 0.494 e. The van der Waals surface area contributed by atoms with E-state index in [1.54, 1.807) is 0 Å². The van der Waals surface area contributed by atoms with Crippen molar-refractivity contribution in [2.75, 3.05) is 13.2 Å². The number of aromatic amines is 4. The number of hydrogen-bond donors (Lipinski definition) is 8. The van der Waals surface area contributed by atoms with Crippen LogP contribution < -0.4 is 5.46 Å². The third kappa shape index (κ3) is 10.9. The molecule has 1 aliphatic heterocycles. The number of aliphatic hydroxyl groups excluding tert-OH is 2. The minimum atomic E-state index is -0.405. The van der Waals surface area contributed by atoms with E-state index in [2.05, 4.69) is 100 Å². The summed E-state index contributed by atoms with van der Waals surface area (Å²) in [6.07, 6.45) is 2.57. The number of phenols is 2. The number of fused-ring (bicyclic) bond motifs is 6. The average Bonchev–Trinajstić information content (AvgIpc) is 1.92. The minimum absolute atomic E-state index is 0.113. The zero-order valence-corrected chi connectivity index (χ0v) is 50.9. The van der Waals surface area contributed by atoms with E-state index in [1.807, 2.05) is 147 Å². The van der Waals surface area contributed by atoms with Crippen molar-refractivity contribution in [3.05, 3.63) is 174 Å². The molecule has 0 spiro atoms. The Balaban J connectivity index is 0.000000123. The molecule has 448 valence electrons. The molecule has 14 aromatic rings. The van der Waals surface area contributed by atoms with E-state index < -0.39 is 7.12 Å². The molecule has 1 aliphatic rings. The van der Waals surface area contributed by atoms with Crippen LogP contribution in [0.4, 0.5) is 0 Å². The van der Waals surface area contributed by atoms with Gasteiger partial charge < -0.3 is 44.7 Å². The fourth-order valence-corrected chi connectivity index (χ4v) is 11.8. The Morgan fingerprint density at radius 2 is 0.910 bits per heavy atom. The van der Waals surface area contributed by atoms with E-state index in [9.17, 15) is 10.2 Å². The Morgan fingerprint density at radius 1 is 0.483 bits per heavy atom. The molecular formula is C70H69BN12O6. The molecule has 8 aromatic carbocycles. The lowest BCUT2D eigenvalue weighted by molar-refractivity contribution is 0.00578. The van der Waals surface area contributed by atoms with Crippen LogP contribution in [0.15, 0.2) is 152 Å². The largest absolute Gasteiger partial charge is 0.507 e. The van der Waals surface area contributed by atoms with Gasteiger partial charge in [0.05, 0.1) is 60.9 Å². The van der Waals surface area contributed by atoms with Gasteiger partial charge in [-0.2, -0.15) is 15.3 Å². The zero-order valence-electron chi connectivity index (χ0n) is 50.9. The first-order valence-electron chi connectivity index (χ1n) is 30.0. The summed E-state index contributed by atoms with van der Waals surface area (Å²) in [4.78, 5) is 24.2. The van der Waals surface area contributed by atoms with Gasteiger partial charge in [-0.1, -0.05) is 84.9 Å². The fraction of sp³-hybridized carbons (Fsp3) is 0.229. The van der Waals surface area contributed by atoms with Crippen LogP contribution in [0.2, 0.25) is 0 Å². The van der Waals surface area contributed by atoms with E-state index >= 15 is 0 Å². The van der Waals surface area contributed by atoms with Gasteiger partial charge in [0.1, 0.15) is 28.6 Å². The first-order chi connectivity index (χ1) is 43.0. The molecule has 0 radical (unpaired) electrons. The van der Waals surface area contributed by atoms with Gasteiger partial charge in [0.15, 0.2) is 17.5 Å². The Hall–Kier alpha value is -9.92. The second kappa shape index (κ2) is 23.3. The number of H-pyrrole nitrogens is 4. The van der Waals surface area contributed by atoms with Crippen molar-refractivity contribution < 1.29 is 29.7 Å². The molecule has 0 unspecified atom stereocenters. The van der Waals surface area contributed by atoms with Gasteiger partial charge in [0, 0.05) is 43.5 Å². The van der Waals surface area contributed by atoms with Crippen molar-refractivity contribution in [1.29, 1.82) is 0 Å². The summed E-state index contributed by atoms with van der Waals surface area (Å²) in [5.41, 5.74) is 18.7. The topological polar surface area (TPSA) is 250 Å². The summed E-state index contributed by atoms with van der Waals surface area (Å²) in [6, 6.07) is 50.4. The van der Waals surface area contributed by atoms with E-state index in [4.69, 9.17) is 39.7 Å². The summed E-state index contributed by atoms with van der Waals surface area (Å²) in [6.45, 7) is 12.3. The predicted molar refractivity (Wildman–Crippen MR) is 353 cm³/mol. The highest BCUT2D eigenvalue weighted by Crippen LogP contribution is 2.40. The van der Waals surface area contributed by atoms with Gasteiger partial charge in [-0.15, -0.1) is 0 Å². The van der Waals surface area contributed by atoms with E-state index in [1.165, 1.54) is 0 Å². The molecule has 19 heteroatoms. The molecule has 0 amide bonds. The highest BCUT2D eigenvalue weighted by molar-refractivity contribution is 6.62. The maximum atomic E-state index is 10.7. The lowest BCUT2D eigenvalue weighted by Gasteiger charge is -2.32. The van der Waals surface area contributed by atoms with Crippen molar-refractivity contribution in [2.45, 2.75) is 78.4 Å². The van der Waals surface area contributed by atoms with Crippen molar-refractivity contribution in [2.24, 2.45) is 14.1 Å². The number of aryl methyl sites for hydroxylation is 4. The van der Waals surface area contributed by atoms with Crippen molar-refractivity contribution in [3.8, 4) is 68.3 Å². The normalized spacial score (nSPS) is 13.7. The van der Waals surface area contributed by atoms with Crippen LogP contribution in [-0.4, -0.2) is 112 Å². The van der Waals surface area contributed by atoms with Crippen molar-refractivity contribution in [1.82, 2.24) is 59.7 Å². The second-order valence-corrected chi connectivity index (χ2v) is 23.8. The lowest BCUT2D eigenvalue weighted by atomic mass is 9.78. The standard InChI is InChI=1S/C25H24N4O2.C24H22N4O2.C21H23BN4O2/c1-15-18(11-9-16(24(15)31)6-5-13-30)17-10-12-22-19(14-17)23(28-29(22)2)25-26-20-7-3-4-8-21(20)27-25;1-14-17(10-8-15(23(14)30)5-4-12-29)16-9-11-19-18(13-16)22(28-27-19)24-25-20-6-2-3-7-21(20)26-24;1-20(2)21(3,4)28-22(27-20)13-10-11-17-14(12-13)18(25-26(17)5)19-23-15-8-6-7-9-16(15)24-19/h3-4,7-12,14,30-31H,5-6,13H2,1-2H3,(H,26,27);2-3,6-11,13,29-30H,4-5,12H2,1H3,(H,25,26)(H,27,28);6-12H,1-5H3,(H,23,24). The van der Waals surface area contributed by atoms with Crippen LogP contribution >= 0.6 is 0 Å². The Morgan fingerprint density at radius 3 is 1.38 bits per heavy atom. The van der Waals surface area contributed by atoms with Gasteiger partial charge in [-0.3, -0.25) is 14.5 Å². The number of imidazole rings is 3. The molecule has 18 nitrogen and oxygen atoms in total. The molecule has 0 aliphatic carbocycles. The maximum absolute atomic E-state index is 10.7. The van der Waals surface area contributed by atoms with Crippen LogP contribution in [0.3, 0.4) is 0 Å². The molecule has 0 saturated carbocycles. The molecule has 89 heavy (non-hydrogen) atoms. The molecule has 1 fully saturated rings. The van der Waals surface area contributed by atoms with Crippen LogP contribution in [0.25, 0.3) is 123 Å². The van der Waals surface area contributed by atoms with Crippen molar-refractivity contribution in [3.63, 3.8) is 0 Å². The summed E-state index contributed by atoms with van der Waals surface area (Å²) >= 11 is 0. The Kier molecular flexibility index (Phi) is 15.2. The second-order valence-electron chi connectivity index (χ2n) is 23.8. The summed E-state index contributed by atoms with van der Waals surface area (Å²) in [7, 11) is 3.47. The third-order valence-electron chi connectivity index (χ3n) is 17.5. The number of phenolic OH excluding ortho intramolecular Hbond substituents is 2. The first-order valence-corrected chi connectivity index (χ1v) is 30.0. The minimum Gasteiger partial charge on any atom is -0.507 e. The molecule has 0 bridgehead atoms. The molecule has 8 N–H and O–H groups in total. The summed E-state index contributed by atoms with van der Waals surface area (Å²) in [5, 5.41) is 59.5. The monoisotopic (exact) mass is 1180 g/mol. The van der Waals surface area contributed by atoms with Crippen LogP contribution in [0, 0.1) is 13.8 Å². The smallest absolute Gasteiger partial charge is 0.494 e. The number of nitrogens with zero attached hydrogens (tertiary/aromatic N) is 8. The molecule has 7 heterocycles. The molecule has 1 saturated heterocycles. The SMILES string of the molecule is Cc1c(-c2ccc3[nH]nc(-c4nc5ccccc5[nH]4)c3c2)ccc(CCCO)c1O.Cc1c(-c2ccc3c(c2)c(-c2nc4ccccc4[nH]2)nn3C)ccc(CCCO)c1O.Cn1nc(-c2nc3ccccc3[nH]2)c2cc(B3OC(C)(C)C(C)(C)O3)ccc21. The molecular weight excluding hydrogens is 1120 g/mol. The van der Waals surface area contributed by atoms with Gasteiger partial charge in [0.25, 0.3) is 0 Å². The van der Waals surface area contributed by atoms with E-state index in [0.717, 1.165) is 150 Å². The predicted octanol–water partition coefficient (Wildman–Crippen LogP) is 12.9. The third-order valence-corrected chi connectivity index (χ3v) is 17.5. The summed E-state index contributed by atoms with van der Waals surface area (Å²) < 4.78 is 16.2. The number of aromatic hydroxyl groups is 2. The number of aliphatic hydroxyl groups is 2. The molecule has 6 aromatic heterocycles. The number of benzene rings is 8. The van der Waals surface area contributed by atoms with Crippen LogP contribution in [0.1, 0.15) is 62.8 Å². The van der Waals surface area contributed by atoms with E-state index in [-0.39, 0.29) is 24.4 Å². The number of rotatable bonds is 12. The number of nitrogens with one attached hydrogen (secondary N) is 4. The molecule has 0 atom stereocenters. The van der Waals surface area contributed by atoms with Gasteiger partial charge in [-0.25, -0.2) is 15.0 Å². The number of hydrogen-bond acceptors (Lipinski definition) is 12. The van der Waals surface area contributed by atoms with Crippen LogP contribution in [0.5, 0.6) is 11.5 Å². The summed E-state index contributed by atoms with van der Waals surface area (Å²) in [5.74, 6) is 2.82. The lowest BCUT2D eigenvalue weighted by Crippen LogP contribution is -2.41. The average molecular weight is 1190 g/mol. The van der Waals surface area contributed by atoms with E-state index in [0.29, 0.717) is 37.2 Å². The zero-order chi connectivity index (χ0) is 61.9. The van der Waals surface area contributed by atoms with Crippen LogP contribution in [-0.2, 0) is 36.2 Å². The Bertz CT molecular complexity index is 4860. The molecule has 15 rings (SSSR count). The first kappa shape index (κ1) is 58.1. The number of para-hydroxylation sites is 6. The quantitative estimate of drug-likeness (QED) is 0.0532. The number of aromatic nitrogens is 12. The highest BCUT2D eigenvalue weighted by Gasteiger charge is 2.51. The van der Waals surface area contributed by atoms with Crippen molar-refractivity contribution >= 4 is 78.4 Å². The Labute approximate surface area is 513 Å². The van der Waals surface area contributed by atoms with Gasteiger partial charge in [-0.05, 0) is 184 Å². The van der Waals surface area contributed by atoms with Gasteiger partial charge in [0.2, 0.25) is 0 Å². The van der Waals surface area contributed by atoms with Gasteiger partial charge >= 0.3 is 7.12 Å².